The highest BCUT2D eigenvalue weighted by Crippen LogP contribution is 2.38. The average molecular weight is 234 g/mol. The normalized spacial score (nSPS) is 17.6. The van der Waals surface area contributed by atoms with Crippen LogP contribution in [0.1, 0.15) is 38.2 Å². The Morgan fingerprint density at radius 2 is 2.12 bits per heavy atom. The fourth-order valence-electron chi connectivity index (χ4n) is 2.26. The molecule has 0 aliphatic heterocycles. The lowest BCUT2D eigenvalue weighted by Crippen LogP contribution is -2.44. The molecule has 0 radical (unpaired) electrons. The van der Waals surface area contributed by atoms with Gasteiger partial charge in [-0.25, -0.2) is 0 Å². The summed E-state index contributed by atoms with van der Waals surface area (Å²) in [6, 6.07) is 8.03. The zero-order valence-corrected chi connectivity index (χ0v) is 10.4. The van der Waals surface area contributed by atoms with Crippen molar-refractivity contribution in [3.05, 3.63) is 29.8 Å². The first kappa shape index (κ1) is 11.4. The molecule has 2 rings (SSSR count). The Labute approximate surface area is 102 Å². The third-order valence-electron chi connectivity index (χ3n) is 3.58. The number of para-hydroxylation sites is 1. The van der Waals surface area contributed by atoms with Crippen molar-refractivity contribution in [3.63, 3.8) is 0 Å². The van der Waals surface area contributed by atoms with Crippen LogP contribution in [0, 0.1) is 0 Å². The second-order valence-electron chi connectivity index (χ2n) is 4.52. The second-order valence-corrected chi connectivity index (χ2v) is 4.96. The lowest BCUT2D eigenvalue weighted by atomic mass is 9.74. The maximum atomic E-state index is 5.73. The molecule has 16 heavy (non-hydrogen) atoms. The van der Waals surface area contributed by atoms with Crippen molar-refractivity contribution in [1.29, 1.82) is 0 Å². The van der Waals surface area contributed by atoms with Gasteiger partial charge in [-0.2, -0.15) is 0 Å². The van der Waals surface area contributed by atoms with Gasteiger partial charge in [-0.3, -0.25) is 0 Å². The van der Waals surface area contributed by atoms with Gasteiger partial charge in [-0.1, -0.05) is 31.3 Å². The molecule has 0 bridgehead atoms. The lowest BCUT2D eigenvalue weighted by molar-refractivity contribution is 0.269. The maximum absolute atomic E-state index is 5.73. The van der Waals surface area contributed by atoms with Crippen molar-refractivity contribution in [3.8, 4) is 0 Å². The van der Waals surface area contributed by atoms with Crippen LogP contribution in [-0.4, -0.2) is 10.5 Å². The van der Waals surface area contributed by atoms with Crippen LogP contribution in [0.3, 0.4) is 0 Å². The van der Waals surface area contributed by atoms with Gasteiger partial charge >= 0.3 is 0 Å². The Morgan fingerprint density at radius 1 is 1.44 bits per heavy atom. The van der Waals surface area contributed by atoms with Gasteiger partial charge in [-0.15, -0.1) is 0 Å². The molecule has 0 atom stereocenters. The van der Waals surface area contributed by atoms with E-state index < -0.39 is 0 Å². The molecular weight excluding hydrogens is 216 g/mol. The van der Waals surface area contributed by atoms with Crippen molar-refractivity contribution in [1.82, 2.24) is 0 Å². The van der Waals surface area contributed by atoms with E-state index in [1.807, 2.05) is 18.2 Å². The molecule has 3 N–H and O–H groups in total. The molecule has 1 aliphatic rings. The predicted molar refractivity (Wildman–Crippen MR) is 72.8 cm³/mol. The second kappa shape index (κ2) is 4.42. The van der Waals surface area contributed by atoms with Crippen molar-refractivity contribution in [2.75, 3.05) is 5.32 Å². The van der Waals surface area contributed by atoms with Crippen LogP contribution in [-0.2, 0) is 0 Å². The Kier molecular flexibility index (Phi) is 3.15. The minimum Gasteiger partial charge on any atom is -0.389 e. The summed E-state index contributed by atoms with van der Waals surface area (Å²) in [4.78, 5) is 0.466. The Morgan fingerprint density at radius 3 is 2.62 bits per heavy atom. The zero-order chi connectivity index (χ0) is 11.6. The zero-order valence-electron chi connectivity index (χ0n) is 9.62. The SMILES string of the molecule is CCC1(Nc2ccccc2C(N)=S)CCC1. The van der Waals surface area contributed by atoms with Crippen LogP contribution in [0.25, 0.3) is 0 Å². The summed E-state index contributed by atoms with van der Waals surface area (Å²) in [5.74, 6) is 0. The number of benzene rings is 1. The monoisotopic (exact) mass is 234 g/mol. The Hall–Kier alpha value is -1.09. The number of hydrogen-bond acceptors (Lipinski definition) is 2. The van der Waals surface area contributed by atoms with Gasteiger partial charge in [0.2, 0.25) is 0 Å². The van der Waals surface area contributed by atoms with Gasteiger partial charge in [0.15, 0.2) is 0 Å². The molecule has 3 heteroatoms. The predicted octanol–water partition coefficient (Wildman–Crippen LogP) is 3.07. The molecule has 1 aliphatic carbocycles. The van der Waals surface area contributed by atoms with Crippen molar-refractivity contribution >= 4 is 22.9 Å². The van der Waals surface area contributed by atoms with Crippen LogP contribution >= 0.6 is 12.2 Å². The Bertz CT molecular complexity index is 391. The average Bonchev–Trinajstić information content (AvgIpc) is 2.24. The first-order valence-electron chi connectivity index (χ1n) is 5.84. The van der Waals surface area contributed by atoms with Crippen molar-refractivity contribution in [2.45, 2.75) is 38.1 Å². The molecule has 1 aromatic rings. The molecular formula is C13H18N2S. The van der Waals surface area contributed by atoms with E-state index in [0.717, 1.165) is 17.7 Å². The number of thiocarbonyl (C=S) groups is 1. The molecule has 0 spiro atoms. The highest BCUT2D eigenvalue weighted by Gasteiger charge is 2.35. The first-order valence-corrected chi connectivity index (χ1v) is 6.25. The quantitative estimate of drug-likeness (QED) is 0.786. The molecule has 0 unspecified atom stereocenters. The number of rotatable bonds is 4. The molecule has 0 heterocycles. The molecule has 1 saturated carbocycles. The summed E-state index contributed by atoms with van der Waals surface area (Å²) in [5, 5.41) is 3.62. The van der Waals surface area contributed by atoms with Crippen LogP contribution in [0.5, 0.6) is 0 Å². The topological polar surface area (TPSA) is 38.0 Å². The number of anilines is 1. The van der Waals surface area contributed by atoms with Gasteiger partial charge in [0, 0.05) is 16.8 Å². The lowest BCUT2D eigenvalue weighted by Gasteiger charge is -2.43. The van der Waals surface area contributed by atoms with E-state index in [9.17, 15) is 0 Å². The number of nitrogens with two attached hydrogens (primary N) is 1. The smallest absolute Gasteiger partial charge is 0.106 e. The summed E-state index contributed by atoms with van der Waals surface area (Å²) in [6.45, 7) is 2.23. The van der Waals surface area contributed by atoms with E-state index in [1.54, 1.807) is 0 Å². The summed E-state index contributed by atoms with van der Waals surface area (Å²) in [6.07, 6.45) is 4.96. The third kappa shape index (κ3) is 2.05. The van der Waals surface area contributed by atoms with E-state index in [2.05, 4.69) is 18.3 Å². The summed E-state index contributed by atoms with van der Waals surface area (Å²) >= 11 is 5.07. The van der Waals surface area contributed by atoms with Crippen molar-refractivity contribution in [2.24, 2.45) is 5.73 Å². The number of nitrogens with one attached hydrogen (secondary N) is 1. The van der Waals surface area contributed by atoms with Gasteiger partial charge in [-0.05, 0) is 37.8 Å². The van der Waals surface area contributed by atoms with E-state index in [4.69, 9.17) is 18.0 Å². The highest BCUT2D eigenvalue weighted by atomic mass is 32.1. The molecule has 0 saturated heterocycles. The van der Waals surface area contributed by atoms with E-state index in [0.29, 0.717) is 4.99 Å². The minimum absolute atomic E-state index is 0.279. The molecule has 2 nitrogen and oxygen atoms in total. The van der Waals surface area contributed by atoms with Gasteiger partial charge in [0.1, 0.15) is 4.99 Å². The highest BCUT2D eigenvalue weighted by molar-refractivity contribution is 7.80. The van der Waals surface area contributed by atoms with E-state index in [1.165, 1.54) is 19.3 Å². The Balaban J connectivity index is 2.23. The molecule has 0 amide bonds. The van der Waals surface area contributed by atoms with Crippen molar-refractivity contribution < 1.29 is 0 Å². The fraction of sp³-hybridized carbons (Fsp3) is 0.462. The largest absolute Gasteiger partial charge is 0.389 e. The molecule has 86 valence electrons. The van der Waals surface area contributed by atoms with E-state index in [-0.39, 0.29) is 5.54 Å². The third-order valence-corrected chi connectivity index (χ3v) is 3.80. The van der Waals surface area contributed by atoms with Crippen LogP contribution < -0.4 is 11.1 Å². The minimum atomic E-state index is 0.279. The number of hydrogen-bond donors (Lipinski definition) is 2. The standard InChI is InChI=1S/C13H18N2S/c1-2-13(8-5-9-13)15-11-7-4-3-6-10(11)12(14)16/h3-4,6-7,15H,2,5,8-9H2,1H3,(H2,14,16). The van der Waals surface area contributed by atoms with Gasteiger partial charge in [0.05, 0.1) is 0 Å². The molecule has 1 fully saturated rings. The summed E-state index contributed by atoms with van der Waals surface area (Å²) in [5.41, 5.74) is 8.04. The van der Waals surface area contributed by atoms with Gasteiger partial charge in [0.25, 0.3) is 0 Å². The van der Waals surface area contributed by atoms with Crippen LogP contribution in [0.2, 0.25) is 0 Å². The molecule has 0 aromatic heterocycles. The van der Waals surface area contributed by atoms with Crippen LogP contribution in [0.4, 0.5) is 5.69 Å². The summed E-state index contributed by atoms with van der Waals surface area (Å²) < 4.78 is 0. The van der Waals surface area contributed by atoms with Crippen LogP contribution in [0.15, 0.2) is 24.3 Å². The fourth-order valence-corrected chi connectivity index (χ4v) is 2.44. The maximum Gasteiger partial charge on any atom is 0.106 e. The molecule has 1 aromatic carbocycles. The first-order chi connectivity index (χ1) is 7.67. The van der Waals surface area contributed by atoms with E-state index >= 15 is 0 Å². The van der Waals surface area contributed by atoms with Gasteiger partial charge < -0.3 is 11.1 Å². The summed E-state index contributed by atoms with van der Waals surface area (Å²) in [7, 11) is 0.